The Hall–Kier alpha value is -1.48. The number of methoxy groups -OCH3 is 1. The first-order chi connectivity index (χ1) is 14.7. The van der Waals surface area contributed by atoms with E-state index < -0.39 is 11.5 Å². The Morgan fingerprint density at radius 2 is 1.77 bits per heavy atom. The summed E-state index contributed by atoms with van der Waals surface area (Å²) < 4.78 is 38.2. The molecule has 0 amide bonds. The smallest absolute Gasteiger partial charge is 0.250 e. The van der Waals surface area contributed by atoms with E-state index in [0.29, 0.717) is 51.5 Å². The zero-order valence-corrected chi connectivity index (χ0v) is 19.1. The van der Waals surface area contributed by atoms with Crippen LogP contribution in [0.5, 0.6) is 11.5 Å². The zero-order chi connectivity index (χ0) is 22.5. The highest BCUT2D eigenvalue weighted by Crippen LogP contribution is 2.32. The molecule has 0 aromatic heterocycles. The van der Waals surface area contributed by atoms with Crippen molar-refractivity contribution in [2.45, 2.75) is 43.8 Å². The molecule has 0 aliphatic carbocycles. The monoisotopic (exact) mass is 441 g/mol. The third-order valence-electron chi connectivity index (χ3n) is 6.16. The standard InChI is InChI=1S/C23H37F2N3O3/c1-26(2)10-4-14-31-20-6-5-19(15-21(20)30-3)16-28-11-7-22(29,18-28)17-27-12-8-23(24,25)9-13-27/h5-6,15,29H,4,7-14,16-18H2,1-3H3. The molecular weight excluding hydrogens is 404 g/mol. The predicted octanol–water partition coefficient (Wildman–Crippen LogP) is 2.69. The second kappa shape index (κ2) is 10.4. The van der Waals surface area contributed by atoms with E-state index in [4.69, 9.17) is 9.47 Å². The van der Waals surface area contributed by atoms with Gasteiger partial charge in [-0.3, -0.25) is 9.80 Å². The lowest BCUT2D eigenvalue weighted by Gasteiger charge is -2.36. The van der Waals surface area contributed by atoms with Crippen molar-refractivity contribution < 1.29 is 23.4 Å². The van der Waals surface area contributed by atoms with Gasteiger partial charge in [0.2, 0.25) is 0 Å². The molecule has 2 heterocycles. The minimum Gasteiger partial charge on any atom is -0.493 e. The Labute approximate surface area is 184 Å². The van der Waals surface area contributed by atoms with Gasteiger partial charge >= 0.3 is 0 Å². The van der Waals surface area contributed by atoms with E-state index in [-0.39, 0.29) is 12.8 Å². The number of β-amino-alcohol motifs (C(OH)–C–C–N with tert-alkyl or cyclic N) is 1. The summed E-state index contributed by atoms with van der Waals surface area (Å²) >= 11 is 0. The summed E-state index contributed by atoms with van der Waals surface area (Å²) in [4.78, 5) is 6.32. The summed E-state index contributed by atoms with van der Waals surface area (Å²) in [5.41, 5.74) is 0.256. The number of benzene rings is 1. The van der Waals surface area contributed by atoms with Crippen LogP contribution in [-0.4, -0.2) is 98.4 Å². The topological polar surface area (TPSA) is 48.4 Å². The van der Waals surface area contributed by atoms with Gasteiger partial charge in [0.05, 0.1) is 19.3 Å². The first-order valence-electron chi connectivity index (χ1n) is 11.2. The Bertz CT molecular complexity index is 709. The molecule has 0 spiro atoms. The van der Waals surface area contributed by atoms with Crippen LogP contribution in [0.3, 0.4) is 0 Å². The summed E-state index contributed by atoms with van der Waals surface area (Å²) in [6, 6.07) is 5.97. The second-order valence-electron chi connectivity index (χ2n) is 9.31. The Kier molecular flexibility index (Phi) is 8.13. The van der Waals surface area contributed by atoms with Crippen molar-refractivity contribution in [1.29, 1.82) is 0 Å². The van der Waals surface area contributed by atoms with Gasteiger partial charge in [0.25, 0.3) is 5.92 Å². The predicted molar refractivity (Wildman–Crippen MR) is 117 cm³/mol. The largest absolute Gasteiger partial charge is 0.493 e. The lowest BCUT2D eigenvalue weighted by Crippen LogP contribution is -2.49. The minimum atomic E-state index is -2.55. The quantitative estimate of drug-likeness (QED) is 0.564. The first kappa shape index (κ1) is 24.2. The van der Waals surface area contributed by atoms with E-state index in [1.54, 1.807) is 7.11 Å². The number of ether oxygens (including phenoxy) is 2. The van der Waals surface area contributed by atoms with Crippen LogP contribution in [-0.2, 0) is 6.54 Å². The van der Waals surface area contributed by atoms with Crippen LogP contribution >= 0.6 is 0 Å². The summed E-state index contributed by atoms with van der Waals surface area (Å²) in [6.45, 7) is 4.80. The molecule has 2 aliphatic rings. The average Bonchev–Trinajstić information content (AvgIpc) is 3.07. The highest BCUT2D eigenvalue weighted by Gasteiger charge is 2.40. The van der Waals surface area contributed by atoms with Crippen molar-refractivity contribution in [3.8, 4) is 11.5 Å². The molecule has 8 heteroatoms. The molecule has 1 N–H and O–H groups in total. The molecule has 2 saturated heterocycles. The number of alkyl halides is 2. The fraction of sp³-hybridized carbons (Fsp3) is 0.739. The van der Waals surface area contributed by atoms with Gasteiger partial charge in [-0.25, -0.2) is 8.78 Å². The Morgan fingerprint density at radius 1 is 1.06 bits per heavy atom. The molecule has 1 aromatic carbocycles. The summed E-state index contributed by atoms with van der Waals surface area (Å²) in [5, 5.41) is 11.0. The highest BCUT2D eigenvalue weighted by atomic mass is 19.3. The summed E-state index contributed by atoms with van der Waals surface area (Å²) in [5.74, 6) is -1.10. The van der Waals surface area contributed by atoms with Crippen molar-refractivity contribution in [2.24, 2.45) is 0 Å². The fourth-order valence-electron chi connectivity index (χ4n) is 4.41. The normalized spacial score (nSPS) is 24.6. The van der Waals surface area contributed by atoms with Crippen molar-refractivity contribution in [3.63, 3.8) is 0 Å². The lowest BCUT2D eigenvalue weighted by atomic mass is 10.00. The molecule has 0 bridgehead atoms. The third-order valence-corrected chi connectivity index (χ3v) is 6.16. The van der Waals surface area contributed by atoms with Crippen molar-refractivity contribution in [3.05, 3.63) is 23.8 Å². The summed E-state index contributed by atoms with van der Waals surface area (Å²) in [7, 11) is 5.72. The van der Waals surface area contributed by atoms with Crippen molar-refractivity contribution in [2.75, 3.05) is 67.1 Å². The number of piperidine rings is 1. The van der Waals surface area contributed by atoms with E-state index >= 15 is 0 Å². The lowest BCUT2D eigenvalue weighted by molar-refractivity contribution is -0.0724. The second-order valence-corrected chi connectivity index (χ2v) is 9.31. The van der Waals surface area contributed by atoms with Crippen LogP contribution in [0.1, 0.15) is 31.2 Å². The number of hydrogen-bond donors (Lipinski definition) is 1. The van der Waals surface area contributed by atoms with Gasteiger partial charge in [-0.2, -0.15) is 0 Å². The number of hydrogen-bond acceptors (Lipinski definition) is 6. The number of nitrogens with zero attached hydrogens (tertiary/aromatic N) is 3. The molecule has 31 heavy (non-hydrogen) atoms. The molecule has 2 fully saturated rings. The van der Waals surface area contributed by atoms with E-state index in [1.807, 2.05) is 37.2 Å². The SMILES string of the molecule is COc1cc(CN2CCC(O)(CN3CCC(F)(F)CC3)C2)ccc1OCCCN(C)C. The van der Waals surface area contributed by atoms with Crippen LogP contribution in [0.25, 0.3) is 0 Å². The molecule has 2 aliphatic heterocycles. The number of rotatable bonds is 10. The van der Waals surface area contributed by atoms with E-state index in [2.05, 4.69) is 9.80 Å². The molecule has 0 radical (unpaired) electrons. The van der Waals surface area contributed by atoms with E-state index in [0.717, 1.165) is 30.8 Å². The maximum absolute atomic E-state index is 13.4. The third kappa shape index (κ3) is 7.27. The van der Waals surface area contributed by atoms with Crippen LogP contribution < -0.4 is 9.47 Å². The van der Waals surface area contributed by atoms with Gasteiger partial charge in [0.15, 0.2) is 11.5 Å². The van der Waals surface area contributed by atoms with Crippen LogP contribution in [0, 0.1) is 0 Å². The molecule has 0 saturated carbocycles. The summed E-state index contributed by atoms with van der Waals surface area (Å²) in [6.07, 6.45) is 1.37. The number of aliphatic hydroxyl groups is 1. The van der Waals surface area contributed by atoms with Gasteiger partial charge in [-0.05, 0) is 44.6 Å². The molecule has 1 atom stereocenters. The number of likely N-dealkylation sites (tertiary alicyclic amines) is 2. The Morgan fingerprint density at radius 3 is 2.45 bits per heavy atom. The van der Waals surface area contributed by atoms with Crippen LogP contribution in [0.15, 0.2) is 18.2 Å². The molecule has 176 valence electrons. The van der Waals surface area contributed by atoms with Crippen LogP contribution in [0.2, 0.25) is 0 Å². The fourth-order valence-corrected chi connectivity index (χ4v) is 4.41. The van der Waals surface area contributed by atoms with Gasteiger partial charge in [-0.1, -0.05) is 6.07 Å². The highest BCUT2D eigenvalue weighted by molar-refractivity contribution is 5.43. The van der Waals surface area contributed by atoms with E-state index in [9.17, 15) is 13.9 Å². The molecule has 3 rings (SSSR count). The first-order valence-corrected chi connectivity index (χ1v) is 11.2. The average molecular weight is 442 g/mol. The van der Waals surface area contributed by atoms with Crippen molar-refractivity contribution >= 4 is 0 Å². The van der Waals surface area contributed by atoms with Gasteiger partial charge in [0.1, 0.15) is 0 Å². The number of halogens is 2. The molecule has 6 nitrogen and oxygen atoms in total. The maximum atomic E-state index is 13.4. The zero-order valence-electron chi connectivity index (χ0n) is 19.1. The molecule has 1 unspecified atom stereocenters. The van der Waals surface area contributed by atoms with Gasteiger partial charge in [-0.15, -0.1) is 0 Å². The molecule has 1 aromatic rings. The van der Waals surface area contributed by atoms with Crippen molar-refractivity contribution in [1.82, 2.24) is 14.7 Å². The van der Waals surface area contributed by atoms with Gasteiger partial charge < -0.3 is 19.5 Å². The Balaban J connectivity index is 1.49. The minimum absolute atomic E-state index is 0.115. The van der Waals surface area contributed by atoms with E-state index in [1.165, 1.54) is 0 Å². The van der Waals surface area contributed by atoms with Crippen LogP contribution in [0.4, 0.5) is 8.78 Å². The molecular formula is C23H37F2N3O3. The van der Waals surface area contributed by atoms with Gasteiger partial charge in [0, 0.05) is 58.7 Å². The maximum Gasteiger partial charge on any atom is 0.250 e.